The van der Waals surface area contributed by atoms with Crippen molar-refractivity contribution in [2.75, 3.05) is 0 Å². The quantitative estimate of drug-likeness (QED) is 0.182. The van der Waals surface area contributed by atoms with Gasteiger partial charge < -0.3 is 4.57 Å². The molecule has 2 aromatic heterocycles. The fourth-order valence-corrected chi connectivity index (χ4v) is 8.39. The Morgan fingerprint density at radius 3 is 2.50 bits per heavy atom. The number of fused-ring (bicyclic) bond motifs is 3. The van der Waals surface area contributed by atoms with Crippen molar-refractivity contribution in [3.8, 4) is 11.1 Å². The van der Waals surface area contributed by atoms with Crippen molar-refractivity contribution in [2.24, 2.45) is 0 Å². The van der Waals surface area contributed by atoms with Gasteiger partial charge in [0.2, 0.25) is 0 Å². The molecule has 0 unspecified atom stereocenters. The monoisotopic (exact) mass is 638 g/mol. The number of nitrogens with zero attached hydrogens (tertiary/aromatic N) is 1. The van der Waals surface area contributed by atoms with Crippen LogP contribution in [0.1, 0.15) is 35.2 Å². The number of hydrogen-bond acceptors (Lipinski definition) is 4. The highest BCUT2D eigenvalue weighted by molar-refractivity contribution is 7.92. The molecule has 0 atom stereocenters. The molecule has 1 amide bonds. The fourth-order valence-electron chi connectivity index (χ4n) is 5.57. The van der Waals surface area contributed by atoms with Crippen molar-refractivity contribution in [3.63, 3.8) is 0 Å². The number of carbonyl (C=O) groups is 1. The molecular formula is C32H25Cl2FN2O3S2. The zero-order valence-corrected chi connectivity index (χ0v) is 25.4. The number of amides is 1. The van der Waals surface area contributed by atoms with Crippen LogP contribution in [0, 0.1) is 5.82 Å². The average molecular weight is 640 g/mol. The van der Waals surface area contributed by atoms with Crippen LogP contribution in [-0.2, 0) is 34.2 Å². The minimum Gasteiger partial charge on any atom is -0.339 e. The molecule has 1 aliphatic rings. The summed E-state index contributed by atoms with van der Waals surface area (Å²) < 4.78 is 44.4. The van der Waals surface area contributed by atoms with E-state index in [0.29, 0.717) is 12.1 Å². The summed E-state index contributed by atoms with van der Waals surface area (Å²) in [4.78, 5) is 12.7. The third-order valence-electron chi connectivity index (χ3n) is 7.38. The van der Waals surface area contributed by atoms with Gasteiger partial charge >= 0.3 is 0 Å². The van der Waals surface area contributed by atoms with Crippen LogP contribution in [0.25, 0.3) is 28.1 Å². The Labute approximate surface area is 257 Å². The lowest BCUT2D eigenvalue weighted by molar-refractivity contribution is -0.114. The Hall–Kier alpha value is -3.43. The second-order valence-electron chi connectivity index (χ2n) is 10.2. The number of benzene rings is 3. The molecule has 42 heavy (non-hydrogen) atoms. The van der Waals surface area contributed by atoms with Gasteiger partial charge in [-0.2, -0.15) is 0 Å². The molecule has 0 fully saturated rings. The first-order valence-corrected chi connectivity index (χ1v) is 16.4. The molecule has 0 aliphatic heterocycles. The Bertz CT molecular complexity index is 1950. The molecule has 6 rings (SSSR count). The van der Waals surface area contributed by atoms with Crippen LogP contribution in [-0.4, -0.2) is 18.9 Å². The maximum absolute atomic E-state index is 14.9. The van der Waals surface area contributed by atoms with E-state index >= 15 is 0 Å². The van der Waals surface area contributed by atoms with Gasteiger partial charge in [0.25, 0.3) is 15.9 Å². The third kappa shape index (κ3) is 5.77. The first kappa shape index (κ1) is 28.7. The Balaban J connectivity index is 1.38. The van der Waals surface area contributed by atoms with E-state index in [2.05, 4.69) is 34.9 Å². The zero-order valence-electron chi connectivity index (χ0n) is 22.2. The summed E-state index contributed by atoms with van der Waals surface area (Å²) in [5.41, 5.74) is 6.93. The maximum atomic E-state index is 14.9. The van der Waals surface area contributed by atoms with Gasteiger partial charge in [0, 0.05) is 29.3 Å². The molecule has 3 aromatic carbocycles. The van der Waals surface area contributed by atoms with Crippen LogP contribution in [0.2, 0.25) is 9.36 Å². The molecule has 0 spiro atoms. The molecule has 0 saturated heterocycles. The lowest BCUT2D eigenvalue weighted by Gasteiger charge is -2.17. The van der Waals surface area contributed by atoms with Gasteiger partial charge in [0.1, 0.15) is 14.4 Å². The summed E-state index contributed by atoms with van der Waals surface area (Å²) in [5.74, 6) is -1.29. The number of thiophene rings is 1. The summed E-state index contributed by atoms with van der Waals surface area (Å²) in [6.45, 7) is 0.569. The second-order valence-corrected chi connectivity index (χ2v) is 14.1. The Kier molecular flexibility index (Phi) is 7.98. The molecular weight excluding hydrogens is 614 g/mol. The van der Waals surface area contributed by atoms with Crippen molar-refractivity contribution in [3.05, 3.63) is 116 Å². The molecule has 10 heteroatoms. The Morgan fingerprint density at radius 1 is 0.976 bits per heavy atom. The van der Waals surface area contributed by atoms with Crippen molar-refractivity contribution in [1.82, 2.24) is 9.29 Å². The van der Waals surface area contributed by atoms with E-state index in [4.69, 9.17) is 23.2 Å². The second kappa shape index (κ2) is 11.7. The van der Waals surface area contributed by atoms with Crippen molar-refractivity contribution in [2.45, 2.75) is 36.4 Å². The average Bonchev–Trinajstić information content (AvgIpc) is 3.49. The van der Waals surface area contributed by atoms with E-state index in [-0.39, 0.29) is 13.6 Å². The SMILES string of the molecule is O=C(/C=C/c1cc(F)cc2c3c(n(Cc4cccc(-c5ccccc5)c4)c12)CCCC3)NS(=O)(=O)c1cc(Cl)c(Cl)s1. The number of hydrogen-bond donors (Lipinski definition) is 1. The molecule has 1 aliphatic carbocycles. The third-order valence-corrected chi connectivity index (χ3v) is 11.1. The highest BCUT2D eigenvalue weighted by Gasteiger charge is 2.24. The Morgan fingerprint density at radius 2 is 1.74 bits per heavy atom. The molecule has 5 aromatic rings. The zero-order chi connectivity index (χ0) is 29.4. The summed E-state index contributed by atoms with van der Waals surface area (Å²) >= 11 is 12.5. The predicted molar refractivity (Wildman–Crippen MR) is 168 cm³/mol. The number of aryl methyl sites for hydroxylation is 1. The normalized spacial score (nSPS) is 13.5. The van der Waals surface area contributed by atoms with Gasteiger partial charge in [0.15, 0.2) is 0 Å². The van der Waals surface area contributed by atoms with Crippen LogP contribution in [0.5, 0.6) is 0 Å². The highest BCUT2D eigenvalue weighted by atomic mass is 35.5. The minimum atomic E-state index is -4.17. The first-order chi connectivity index (χ1) is 20.2. The summed E-state index contributed by atoms with van der Waals surface area (Å²) in [6, 6.07) is 22.6. The van der Waals surface area contributed by atoms with Crippen LogP contribution >= 0.6 is 34.5 Å². The number of rotatable bonds is 7. The molecule has 0 saturated carbocycles. The standard InChI is InChI=1S/C32H25Cl2FN2O3S2/c33-27-18-30(41-32(27)34)42(39,40)36-29(38)14-13-23-16-24(35)17-26-25-11-4-5-12-28(25)37(31(23)26)19-20-7-6-10-22(15-20)21-8-2-1-3-9-21/h1-3,6-10,13-18H,4-5,11-12,19H2,(H,36,38)/b14-13+. The number of aromatic nitrogens is 1. The van der Waals surface area contributed by atoms with Gasteiger partial charge in [0.05, 0.1) is 10.5 Å². The van der Waals surface area contributed by atoms with Gasteiger partial charge in [-0.05, 0) is 78.3 Å². The number of nitrogens with one attached hydrogen (secondary N) is 1. The van der Waals surface area contributed by atoms with E-state index in [1.54, 1.807) is 6.07 Å². The summed E-state index contributed by atoms with van der Waals surface area (Å²) in [5, 5.41) is 0.908. The lowest BCUT2D eigenvalue weighted by atomic mass is 9.95. The van der Waals surface area contributed by atoms with Gasteiger partial charge in [-0.15, -0.1) is 11.3 Å². The maximum Gasteiger partial charge on any atom is 0.273 e. The van der Waals surface area contributed by atoms with Crippen molar-refractivity contribution >= 4 is 67.4 Å². The van der Waals surface area contributed by atoms with Gasteiger partial charge in [-0.25, -0.2) is 17.5 Å². The molecule has 0 bridgehead atoms. The molecule has 2 heterocycles. The number of halogens is 3. The smallest absolute Gasteiger partial charge is 0.273 e. The van der Waals surface area contributed by atoms with Gasteiger partial charge in [-0.1, -0.05) is 71.7 Å². The fraction of sp³-hybridized carbons (Fsp3) is 0.156. The molecule has 0 radical (unpaired) electrons. The van der Waals surface area contributed by atoms with Crippen molar-refractivity contribution in [1.29, 1.82) is 0 Å². The van der Waals surface area contributed by atoms with Gasteiger partial charge in [-0.3, -0.25) is 4.79 Å². The van der Waals surface area contributed by atoms with E-state index in [0.717, 1.165) is 76.3 Å². The predicted octanol–water partition coefficient (Wildman–Crippen LogP) is 8.26. The van der Waals surface area contributed by atoms with Crippen LogP contribution < -0.4 is 4.72 Å². The van der Waals surface area contributed by atoms with Crippen molar-refractivity contribution < 1.29 is 17.6 Å². The van der Waals surface area contributed by atoms with E-state index < -0.39 is 21.7 Å². The van der Waals surface area contributed by atoms with Crippen LogP contribution in [0.15, 0.2) is 83.1 Å². The number of sulfonamides is 1. The summed E-state index contributed by atoms with van der Waals surface area (Å²) in [7, 11) is -4.17. The molecule has 1 N–H and O–H groups in total. The molecule has 214 valence electrons. The first-order valence-electron chi connectivity index (χ1n) is 13.4. The summed E-state index contributed by atoms with van der Waals surface area (Å²) in [6.07, 6.45) is 6.35. The van der Waals surface area contributed by atoms with Crippen LogP contribution in [0.3, 0.4) is 0 Å². The van der Waals surface area contributed by atoms with Crippen LogP contribution in [0.4, 0.5) is 4.39 Å². The lowest BCUT2D eigenvalue weighted by Crippen LogP contribution is -2.28. The van der Waals surface area contributed by atoms with E-state index in [1.807, 2.05) is 29.0 Å². The molecule has 5 nitrogen and oxygen atoms in total. The van der Waals surface area contributed by atoms with E-state index in [9.17, 15) is 17.6 Å². The largest absolute Gasteiger partial charge is 0.339 e. The number of carbonyl (C=O) groups excluding carboxylic acids is 1. The van der Waals surface area contributed by atoms with E-state index in [1.165, 1.54) is 23.9 Å². The highest BCUT2D eigenvalue weighted by Crippen LogP contribution is 2.37. The topological polar surface area (TPSA) is 68.2 Å². The minimum absolute atomic E-state index is 0.0891.